The number of ether oxygens (including phenoxy) is 1. The van der Waals surface area contributed by atoms with Gasteiger partial charge in [-0.25, -0.2) is 4.98 Å². The Hall–Kier alpha value is -0.910. The standard InChI is InChI=1S/C14H26N4O/c1-19-12-6-15-13-14-16-5-9-18(14)11-10-17-7-3-2-4-8-17/h5,9,15H,2-4,6-8,10-13H2,1H3. The van der Waals surface area contributed by atoms with Crippen molar-refractivity contribution in [1.82, 2.24) is 19.8 Å². The second kappa shape index (κ2) is 8.30. The van der Waals surface area contributed by atoms with Gasteiger partial charge in [-0.1, -0.05) is 6.42 Å². The van der Waals surface area contributed by atoms with Gasteiger partial charge in [0.15, 0.2) is 0 Å². The SMILES string of the molecule is COCCNCc1nccn1CCN1CCCCC1. The molecule has 0 amide bonds. The van der Waals surface area contributed by atoms with Crippen LogP contribution in [0.4, 0.5) is 0 Å². The van der Waals surface area contributed by atoms with Gasteiger partial charge in [0.2, 0.25) is 0 Å². The lowest BCUT2D eigenvalue weighted by Gasteiger charge is -2.26. The van der Waals surface area contributed by atoms with E-state index in [4.69, 9.17) is 4.74 Å². The van der Waals surface area contributed by atoms with Gasteiger partial charge in [0.25, 0.3) is 0 Å². The number of piperidine rings is 1. The summed E-state index contributed by atoms with van der Waals surface area (Å²) in [4.78, 5) is 6.98. The Kier molecular flexibility index (Phi) is 6.33. The van der Waals surface area contributed by atoms with Crippen molar-refractivity contribution in [3.63, 3.8) is 0 Å². The molecule has 0 aliphatic carbocycles. The maximum Gasteiger partial charge on any atom is 0.122 e. The maximum atomic E-state index is 5.02. The molecule has 19 heavy (non-hydrogen) atoms. The van der Waals surface area contributed by atoms with Crippen LogP contribution in [-0.4, -0.2) is 54.3 Å². The Morgan fingerprint density at radius 2 is 2.11 bits per heavy atom. The number of rotatable bonds is 8. The van der Waals surface area contributed by atoms with E-state index in [0.29, 0.717) is 0 Å². The zero-order chi connectivity index (χ0) is 13.3. The van der Waals surface area contributed by atoms with Crippen LogP contribution in [0.15, 0.2) is 12.4 Å². The van der Waals surface area contributed by atoms with Crippen LogP contribution >= 0.6 is 0 Å². The summed E-state index contributed by atoms with van der Waals surface area (Å²) in [6.07, 6.45) is 8.09. The monoisotopic (exact) mass is 266 g/mol. The molecule has 0 atom stereocenters. The lowest BCUT2D eigenvalue weighted by molar-refractivity contribution is 0.198. The first-order chi connectivity index (χ1) is 9.40. The van der Waals surface area contributed by atoms with E-state index in [1.165, 1.54) is 32.4 Å². The van der Waals surface area contributed by atoms with Crippen LogP contribution in [0.2, 0.25) is 0 Å². The Bertz CT molecular complexity index is 347. The first kappa shape index (κ1) is 14.5. The van der Waals surface area contributed by atoms with Crippen LogP contribution in [0.1, 0.15) is 25.1 Å². The molecular formula is C14H26N4O. The van der Waals surface area contributed by atoms with Gasteiger partial charge < -0.3 is 19.5 Å². The van der Waals surface area contributed by atoms with E-state index in [0.717, 1.165) is 38.6 Å². The molecule has 0 aromatic carbocycles. The number of nitrogens with zero attached hydrogens (tertiary/aromatic N) is 3. The van der Waals surface area contributed by atoms with E-state index in [1.807, 2.05) is 6.20 Å². The number of nitrogens with one attached hydrogen (secondary N) is 1. The zero-order valence-electron chi connectivity index (χ0n) is 12.0. The molecule has 1 aromatic rings. The van der Waals surface area contributed by atoms with Crippen molar-refractivity contribution in [2.75, 3.05) is 39.9 Å². The maximum absolute atomic E-state index is 5.02. The molecule has 108 valence electrons. The lowest BCUT2D eigenvalue weighted by atomic mass is 10.1. The van der Waals surface area contributed by atoms with Gasteiger partial charge in [0, 0.05) is 39.1 Å². The van der Waals surface area contributed by atoms with E-state index in [-0.39, 0.29) is 0 Å². The molecular weight excluding hydrogens is 240 g/mol. The van der Waals surface area contributed by atoms with E-state index in [1.54, 1.807) is 7.11 Å². The van der Waals surface area contributed by atoms with Gasteiger partial charge in [-0.2, -0.15) is 0 Å². The normalized spacial score (nSPS) is 16.9. The van der Waals surface area contributed by atoms with E-state index < -0.39 is 0 Å². The summed E-state index contributed by atoms with van der Waals surface area (Å²) in [6.45, 7) is 7.13. The van der Waals surface area contributed by atoms with Gasteiger partial charge in [-0.15, -0.1) is 0 Å². The predicted molar refractivity (Wildman–Crippen MR) is 76.1 cm³/mol. The van der Waals surface area contributed by atoms with Crippen molar-refractivity contribution in [2.24, 2.45) is 0 Å². The second-order valence-electron chi connectivity index (χ2n) is 5.11. The third-order valence-electron chi connectivity index (χ3n) is 3.67. The van der Waals surface area contributed by atoms with Crippen molar-refractivity contribution in [3.8, 4) is 0 Å². The largest absolute Gasteiger partial charge is 0.383 e. The summed E-state index contributed by atoms with van der Waals surface area (Å²) in [5.41, 5.74) is 0. The molecule has 0 saturated carbocycles. The molecule has 1 fully saturated rings. The Morgan fingerprint density at radius 3 is 2.89 bits per heavy atom. The van der Waals surface area contributed by atoms with Crippen LogP contribution in [0, 0.1) is 0 Å². The summed E-state index contributed by atoms with van der Waals surface area (Å²) >= 11 is 0. The topological polar surface area (TPSA) is 42.3 Å². The first-order valence-electron chi connectivity index (χ1n) is 7.32. The molecule has 0 spiro atoms. The number of imidazole rings is 1. The quantitative estimate of drug-likeness (QED) is 0.716. The third-order valence-corrected chi connectivity index (χ3v) is 3.67. The van der Waals surface area contributed by atoms with Crippen LogP contribution in [0.3, 0.4) is 0 Å². The predicted octanol–water partition coefficient (Wildman–Crippen LogP) is 1.10. The summed E-state index contributed by atoms with van der Waals surface area (Å²) in [7, 11) is 1.72. The van der Waals surface area contributed by atoms with Gasteiger partial charge in [0.1, 0.15) is 5.82 Å². The summed E-state index contributed by atoms with van der Waals surface area (Å²) < 4.78 is 7.28. The highest BCUT2D eigenvalue weighted by atomic mass is 16.5. The van der Waals surface area contributed by atoms with Crippen LogP contribution in [0.5, 0.6) is 0 Å². The molecule has 2 rings (SSSR count). The molecule has 0 bridgehead atoms. The first-order valence-corrected chi connectivity index (χ1v) is 7.32. The zero-order valence-corrected chi connectivity index (χ0v) is 12.0. The second-order valence-corrected chi connectivity index (χ2v) is 5.11. The molecule has 0 radical (unpaired) electrons. The number of methoxy groups -OCH3 is 1. The molecule has 1 aliphatic heterocycles. The van der Waals surface area contributed by atoms with E-state index in [9.17, 15) is 0 Å². The number of hydrogen-bond donors (Lipinski definition) is 1. The number of likely N-dealkylation sites (tertiary alicyclic amines) is 1. The average Bonchev–Trinajstić information content (AvgIpc) is 2.90. The molecule has 5 nitrogen and oxygen atoms in total. The number of aromatic nitrogens is 2. The van der Waals surface area contributed by atoms with Crippen molar-refractivity contribution in [2.45, 2.75) is 32.4 Å². The van der Waals surface area contributed by atoms with Crippen molar-refractivity contribution in [1.29, 1.82) is 0 Å². The molecule has 2 heterocycles. The minimum atomic E-state index is 0.745. The van der Waals surface area contributed by atoms with Crippen molar-refractivity contribution < 1.29 is 4.74 Å². The van der Waals surface area contributed by atoms with Crippen LogP contribution in [0.25, 0.3) is 0 Å². The molecule has 1 aromatic heterocycles. The number of hydrogen-bond acceptors (Lipinski definition) is 4. The summed E-state index contributed by atoms with van der Waals surface area (Å²) in [6, 6.07) is 0. The summed E-state index contributed by atoms with van der Waals surface area (Å²) in [5.74, 6) is 1.12. The molecule has 5 heteroatoms. The Morgan fingerprint density at radius 1 is 1.26 bits per heavy atom. The van der Waals surface area contributed by atoms with Crippen LogP contribution < -0.4 is 5.32 Å². The fourth-order valence-corrected chi connectivity index (χ4v) is 2.52. The Balaban J connectivity index is 1.72. The van der Waals surface area contributed by atoms with Gasteiger partial charge in [0.05, 0.1) is 13.2 Å². The fourth-order valence-electron chi connectivity index (χ4n) is 2.52. The lowest BCUT2D eigenvalue weighted by Crippen LogP contribution is -2.33. The highest BCUT2D eigenvalue weighted by Gasteiger charge is 2.10. The minimum Gasteiger partial charge on any atom is -0.383 e. The average molecular weight is 266 g/mol. The van der Waals surface area contributed by atoms with Crippen LogP contribution in [-0.2, 0) is 17.8 Å². The molecule has 1 saturated heterocycles. The highest BCUT2D eigenvalue weighted by Crippen LogP contribution is 2.08. The fraction of sp³-hybridized carbons (Fsp3) is 0.786. The van der Waals surface area contributed by atoms with Gasteiger partial charge in [-0.3, -0.25) is 0 Å². The summed E-state index contributed by atoms with van der Waals surface area (Å²) in [5, 5.41) is 3.35. The van der Waals surface area contributed by atoms with Crippen molar-refractivity contribution in [3.05, 3.63) is 18.2 Å². The van der Waals surface area contributed by atoms with Crippen molar-refractivity contribution >= 4 is 0 Å². The highest BCUT2D eigenvalue weighted by molar-refractivity contribution is 4.92. The van der Waals surface area contributed by atoms with Gasteiger partial charge >= 0.3 is 0 Å². The smallest absolute Gasteiger partial charge is 0.122 e. The minimum absolute atomic E-state index is 0.745. The third kappa shape index (κ3) is 4.93. The van der Waals surface area contributed by atoms with Gasteiger partial charge in [-0.05, 0) is 25.9 Å². The van der Waals surface area contributed by atoms with E-state index in [2.05, 4.69) is 26.0 Å². The Labute approximate surface area is 116 Å². The molecule has 1 N–H and O–H groups in total. The van der Waals surface area contributed by atoms with E-state index >= 15 is 0 Å². The molecule has 0 unspecified atom stereocenters. The molecule has 1 aliphatic rings.